The van der Waals surface area contributed by atoms with Gasteiger partial charge in [-0.25, -0.2) is 8.42 Å². The Morgan fingerprint density at radius 1 is 0.897 bits per heavy atom. The third kappa shape index (κ3) is 4.49. The van der Waals surface area contributed by atoms with Gasteiger partial charge in [-0.15, -0.1) is 0 Å². The molecule has 0 radical (unpaired) electrons. The molecular weight excluding hydrogens is 410 g/mol. The molecule has 3 rings (SSSR count). The van der Waals surface area contributed by atoms with Gasteiger partial charge in [-0.3, -0.25) is 4.31 Å². The van der Waals surface area contributed by atoms with Gasteiger partial charge >= 0.3 is 0 Å². The van der Waals surface area contributed by atoms with Gasteiger partial charge < -0.3 is 9.47 Å². The Labute approximate surface area is 176 Å². The van der Waals surface area contributed by atoms with Gasteiger partial charge in [-0.1, -0.05) is 35.9 Å². The maximum atomic E-state index is 13.6. The van der Waals surface area contributed by atoms with E-state index in [1.165, 1.54) is 4.31 Å². The molecule has 0 saturated carbocycles. The second kappa shape index (κ2) is 8.76. The van der Waals surface area contributed by atoms with Crippen LogP contribution in [0.1, 0.15) is 11.1 Å². The summed E-state index contributed by atoms with van der Waals surface area (Å²) in [6.45, 7) is 1.80. The number of rotatable bonds is 7. The molecule has 0 amide bonds. The number of halogens is 1. The second-order valence-electron chi connectivity index (χ2n) is 6.43. The van der Waals surface area contributed by atoms with E-state index in [9.17, 15) is 8.42 Å². The number of para-hydroxylation sites is 1. The number of nitrogens with zero attached hydrogens (tertiary/aromatic N) is 1. The second-order valence-corrected chi connectivity index (χ2v) is 8.67. The number of methoxy groups -OCH3 is 2. The molecule has 0 unspecified atom stereocenters. The highest BCUT2D eigenvalue weighted by Crippen LogP contribution is 2.31. The summed E-state index contributed by atoms with van der Waals surface area (Å²) >= 11 is 6.19. The Hall–Kier alpha value is -2.70. The fraction of sp³-hybridized carbons (Fsp3) is 0.182. The molecule has 0 saturated heterocycles. The smallest absolute Gasteiger partial charge is 0.264 e. The highest BCUT2D eigenvalue weighted by molar-refractivity contribution is 7.92. The van der Waals surface area contributed by atoms with Crippen molar-refractivity contribution in [3.63, 3.8) is 0 Å². The van der Waals surface area contributed by atoms with Crippen molar-refractivity contribution < 1.29 is 17.9 Å². The number of benzene rings is 3. The maximum Gasteiger partial charge on any atom is 0.264 e. The quantitative estimate of drug-likeness (QED) is 0.524. The predicted octanol–water partition coefficient (Wildman–Crippen LogP) is 5.06. The summed E-state index contributed by atoms with van der Waals surface area (Å²) in [7, 11) is -0.767. The van der Waals surface area contributed by atoms with Crippen molar-refractivity contribution in [2.45, 2.75) is 18.4 Å². The predicted molar refractivity (Wildman–Crippen MR) is 116 cm³/mol. The van der Waals surface area contributed by atoms with Crippen LogP contribution in [0, 0.1) is 6.92 Å². The summed E-state index contributed by atoms with van der Waals surface area (Å²) in [6.07, 6.45) is 0. The van der Waals surface area contributed by atoms with Crippen LogP contribution in [0.2, 0.25) is 5.02 Å². The van der Waals surface area contributed by atoms with Gasteiger partial charge in [0, 0.05) is 11.1 Å². The summed E-state index contributed by atoms with van der Waals surface area (Å²) in [5.41, 5.74) is 1.79. The zero-order chi connectivity index (χ0) is 21.0. The van der Waals surface area contributed by atoms with Crippen LogP contribution in [0.3, 0.4) is 0 Å². The van der Waals surface area contributed by atoms with Gasteiger partial charge in [0.15, 0.2) is 0 Å². The first kappa shape index (κ1) is 21.0. The molecule has 0 aliphatic rings. The molecule has 3 aromatic carbocycles. The average Bonchev–Trinajstić information content (AvgIpc) is 2.74. The monoisotopic (exact) mass is 431 g/mol. The van der Waals surface area contributed by atoms with Gasteiger partial charge in [0.2, 0.25) is 0 Å². The molecule has 0 N–H and O–H groups in total. The SMILES string of the molecule is COc1cc(CN(c2ccccc2)S(=O)(=O)c2cccc(Cl)c2C)cc(OC)c1. The van der Waals surface area contributed by atoms with Crippen molar-refractivity contribution in [2.24, 2.45) is 0 Å². The molecule has 5 nitrogen and oxygen atoms in total. The zero-order valence-electron chi connectivity index (χ0n) is 16.4. The van der Waals surface area contributed by atoms with Crippen LogP contribution in [0.25, 0.3) is 0 Å². The fourth-order valence-corrected chi connectivity index (χ4v) is 4.95. The van der Waals surface area contributed by atoms with E-state index in [1.807, 2.05) is 6.07 Å². The summed E-state index contributed by atoms with van der Waals surface area (Å²) in [5.74, 6) is 1.17. The van der Waals surface area contributed by atoms with E-state index >= 15 is 0 Å². The molecule has 3 aromatic rings. The lowest BCUT2D eigenvalue weighted by molar-refractivity contribution is 0.393. The molecule has 0 atom stereocenters. The molecule has 152 valence electrons. The van der Waals surface area contributed by atoms with E-state index in [1.54, 1.807) is 81.8 Å². The molecule has 0 bridgehead atoms. The number of hydrogen-bond donors (Lipinski definition) is 0. The van der Waals surface area contributed by atoms with Crippen LogP contribution in [0.4, 0.5) is 5.69 Å². The molecule has 0 aliphatic heterocycles. The Morgan fingerprint density at radius 3 is 2.10 bits per heavy atom. The summed E-state index contributed by atoms with van der Waals surface area (Å²) in [4.78, 5) is 0.170. The van der Waals surface area contributed by atoms with Crippen LogP contribution in [0.15, 0.2) is 71.6 Å². The summed E-state index contributed by atoms with van der Waals surface area (Å²) < 4.78 is 39.3. The number of anilines is 1. The first-order valence-corrected chi connectivity index (χ1v) is 10.7. The molecule has 0 heterocycles. The highest BCUT2D eigenvalue weighted by atomic mass is 35.5. The van der Waals surface area contributed by atoms with E-state index in [-0.39, 0.29) is 11.4 Å². The Bertz CT molecular complexity index is 1080. The van der Waals surface area contributed by atoms with Crippen molar-refractivity contribution in [2.75, 3.05) is 18.5 Å². The number of ether oxygens (including phenoxy) is 2. The van der Waals surface area contributed by atoms with Crippen molar-refractivity contribution in [3.8, 4) is 11.5 Å². The van der Waals surface area contributed by atoms with Gasteiger partial charge in [0.05, 0.1) is 31.3 Å². The standard InChI is InChI=1S/C22H22ClNO4S/c1-16-21(23)10-7-11-22(16)29(25,26)24(18-8-5-4-6-9-18)15-17-12-19(27-2)14-20(13-17)28-3/h4-14H,15H2,1-3H3. The minimum atomic E-state index is -3.88. The van der Waals surface area contributed by atoms with E-state index in [4.69, 9.17) is 21.1 Å². The zero-order valence-corrected chi connectivity index (χ0v) is 18.0. The largest absolute Gasteiger partial charge is 0.497 e. The topological polar surface area (TPSA) is 55.8 Å². The summed E-state index contributed by atoms with van der Waals surface area (Å²) in [5, 5.41) is 0.405. The van der Waals surface area contributed by atoms with Gasteiger partial charge in [-0.05, 0) is 54.4 Å². The Balaban J connectivity index is 2.13. The van der Waals surface area contributed by atoms with Crippen LogP contribution >= 0.6 is 11.6 Å². The van der Waals surface area contributed by atoms with Crippen LogP contribution in [0.5, 0.6) is 11.5 Å². The lowest BCUT2D eigenvalue weighted by Gasteiger charge is -2.26. The minimum absolute atomic E-state index is 0.103. The molecule has 0 spiro atoms. The van der Waals surface area contributed by atoms with Crippen LogP contribution in [-0.2, 0) is 16.6 Å². The summed E-state index contributed by atoms with van der Waals surface area (Å²) in [6, 6.07) is 19.2. The Kier molecular flexibility index (Phi) is 6.35. The lowest BCUT2D eigenvalue weighted by Crippen LogP contribution is -2.31. The number of hydrogen-bond acceptors (Lipinski definition) is 4. The highest BCUT2D eigenvalue weighted by Gasteiger charge is 2.27. The minimum Gasteiger partial charge on any atom is -0.497 e. The van der Waals surface area contributed by atoms with Gasteiger partial charge in [-0.2, -0.15) is 0 Å². The van der Waals surface area contributed by atoms with Crippen molar-refractivity contribution in [1.82, 2.24) is 0 Å². The molecule has 0 fully saturated rings. The third-order valence-corrected chi connectivity index (χ3v) is 6.90. The van der Waals surface area contributed by atoms with Crippen LogP contribution < -0.4 is 13.8 Å². The average molecular weight is 432 g/mol. The Morgan fingerprint density at radius 2 is 1.52 bits per heavy atom. The van der Waals surface area contributed by atoms with E-state index in [0.29, 0.717) is 27.8 Å². The third-order valence-electron chi connectivity index (χ3n) is 4.57. The normalized spacial score (nSPS) is 11.2. The van der Waals surface area contributed by atoms with E-state index in [2.05, 4.69) is 0 Å². The fourth-order valence-electron chi connectivity index (χ4n) is 3.02. The molecule has 0 aliphatic carbocycles. The molecule has 29 heavy (non-hydrogen) atoms. The number of sulfonamides is 1. The van der Waals surface area contributed by atoms with Crippen LogP contribution in [-0.4, -0.2) is 22.6 Å². The van der Waals surface area contributed by atoms with Crippen molar-refractivity contribution >= 4 is 27.3 Å². The van der Waals surface area contributed by atoms with E-state index < -0.39 is 10.0 Å². The molecule has 0 aromatic heterocycles. The lowest BCUT2D eigenvalue weighted by atomic mass is 10.2. The van der Waals surface area contributed by atoms with Crippen molar-refractivity contribution in [3.05, 3.63) is 82.9 Å². The first-order chi connectivity index (χ1) is 13.9. The molecular formula is C22H22ClNO4S. The van der Waals surface area contributed by atoms with Gasteiger partial charge in [0.25, 0.3) is 10.0 Å². The van der Waals surface area contributed by atoms with Gasteiger partial charge in [0.1, 0.15) is 11.5 Å². The maximum absolute atomic E-state index is 13.6. The molecule has 7 heteroatoms. The first-order valence-electron chi connectivity index (χ1n) is 8.91. The van der Waals surface area contributed by atoms with E-state index in [0.717, 1.165) is 5.56 Å². The van der Waals surface area contributed by atoms with Crippen molar-refractivity contribution in [1.29, 1.82) is 0 Å².